The fraction of sp³-hybridized carbons (Fsp3) is 0.0364. The molecule has 11 rings (SSSR count). The zero-order valence-electron chi connectivity index (χ0n) is 35.9. The largest absolute Gasteiger partial charge is 2.00 e. The number of nitrogens with zero attached hydrogens (tertiary/aromatic N) is 5. The van der Waals surface area contributed by atoms with Crippen molar-refractivity contribution in [1.29, 1.82) is 0 Å². The van der Waals surface area contributed by atoms with E-state index in [4.69, 9.17) is 9.10 Å². The van der Waals surface area contributed by atoms with Crippen molar-refractivity contribution in [3.63, 3.8) is 0 Å². The monoisotopic (exact) mass is 967 g/mol. The first-order valence-corrected chi connectivity index (χ1v) is 20.1. The van der Waals surface area contributed by atoms with Crippen LogP contribution in [-0.2, 0) is 21.1 Å². The van der Waals surface area contributed by atoms with Crippen LogP contribution in [-0.4, -0.2) is 16.2 Å². The molecule has 6 heteroatoms. The Morgan fingerprint density at radius 1 is 0.557 bits per heavy atom. The van der Waals surface area contributed by atoms with E-state index in [9.17, 15) is 0 Å². The number of para-hydroxylation sites is 5. The van der Waals surface area contributed by atoms with E-state index in [-0.39, 0.29) is 26.6 Å². The van der Waals surface area contributed by atoms with Gasteiger partial charge < -0.3 is 19.3 Å². The molecule has 0 N–H and O–H groups in total. The van der Waals surface area contributed by atoms with E-state index in [0.717, 1.165) is 83.9 Å². The Hall–Kier alpha value is -7.20. The van der Waals surface area contributed by atoms with Crippen molar-refractivity contribution in [2.75, 3.05) is 21.4 Å². The molecule has 0 atom stereocenters. The van der Waals surface area contributed by atoms with E-state index in [1.807, 2.05) is 41.0 Å². The summed E-state index contributed by atoms with van der Waals surface area (Å²) in [6, 6.07) is 76.3. The van der Waals surface area contributed by atoms with Crippen molar-refractivity contribution in [2.45, 2.75) is 6.85 Å². The minimum atomic E-state index is -2.30. The fourth-order valence-electron chi connectivity index (χ4n) is 8.63. The van der Waals surface area contributed by atoms with Gasteiger partial charge in [0.15, 0.2) is 0 Å². The van der Waals surface area contributed by atoms with Crippen molar-refractivity contribution in [3.05, 3.63) is 224 Å². The van der Waals surface area contributed by atoms with Gasteiger partial charge in [0.25, 0.3) is 0 Å². The van der Waals surface area contributed by atoms with Crippen molar-refractivity contribution < 1.29 is 25.2 Å². The summed E-state index contributed by atoms with van der Waals surface area (Å²) in [5.41, 5.74) is 13.0. The maximum absolute atomic E-state index is 8.23. The van der Waals surface area contributed by atoms with Crippen LogP contribution in [0.3, 0.4) is 0 Å². The van der Waals surface area contributed by atoms with Gasteiger partial charge in [-0.15, -0.1) is 35.7 Å². The maximum Gasteiger partial charge on any atom is 2.00 e. The molecule has 8 aromatic carbocycles. The van der Waals surface area contributed by atoms with Crippen molar-refractivity contribution >= 4 is 61.6 Å². The average molecular weight is 968 g/mol. The summed E-state index contributed by atoms with van der Waals surface area (Å²) >= 11 is 0. The number of hydrogen-bond donors (Lipinski definition) is 0. The first-order chi connectivity index (χ1) is 30.9. The van der Waals surface area contributed by atoms with E-state index >= 15 is 0 Å². The molecule has 0 spiro atoms. The quantitative estimate of drug-likeness (QED) is 0.142. The summed E-state index contributed by atoms with van der Waals surface area (Å²) in [7, 11) is 0. The molecule has 294 valence electrons. The van der Waals surface area contributed by atoms with Crippen LogP contribution < -0.4 is 14.7 Å². The molecule has 0 aliphatic carbocycles. The van der Waals surface area contributed by atoms with Crippen molar-refractivity contribution in [2.24, 2.45) is 0 Å². The van der Waals surface area contributed by atoms with Crippen LogP contribution in [0.1, 0.15) is 9.68 Å². The molecule has 0 radical (unpaired) electrons. The number of benzene rings is 8. The summed E-state index contributed by atoms with van der Waals surface area (Å²) in [4.78, 5) is 11.7. The molecule has 1 aliphatic rings. The van der Waals surface area contributed by atoms with Crippen LogP contribution in [0.5, 0.6) is 0 Å². The second-order valence-electron chi connectivity index (χ2n) is 14.9. The molecule has 3 heterocycles. The number of anilines is 7. The van der Waals surface area contributed by atoms with Gasteiger partial charge >= 0.3 is 21.1 Å². The van der Waals surface area contributed by atoms with Crippen molar-refractivity contribution in [3.8, 4) is 28.1 Å². The van der Waals surface area contributed by atoms with Gasteiger partial charge in [0.05, 0.1) is 23.7 Å². The van der Waals surface area contributed by atoms with Gasteiger partial charge in [0.1, 0.15) is 5.82 Å². The molecular formula is C55H39N5Pt. The van der Waals surface area contributed by atoms with Gasteiger partial charge in [0.2, 0.25) is 0 Å². The molecule has 1 aliphatic heterocycles. The predicted molar refractivity (Wildman–Crippen MR) is 249 cm³/mol. The van der Waals surface area contributed by atoms with Crippen molar-refractivity contribution in [1.82, 2.24) is 9.55 Å². The van der Waals surface area contributed by atoms with E-state index in [2.05, 4.69) is 178 Å². The van der Waals surface area contributed by atoms with E-state index in [1.165, 1.54) is 0 Å². The SMILES string of the molecule is [2H]C([2H])([2H])c1ccnc(-n2c3[c-]c(N(c4[c-]c(N5CN(c6ccccc6)c6ccccc65)ccc4)c4c(-c5ccccc5)cccc4-c4ccccc4)ccc3c3ccccc32)c1.[Pt+2]. The molecule has 0 bridgehead atoms. The van der Waals surface area contributed by atoms with Gasteiger partial charge in [-0.2, -0.15) is 12.1 Å². The number of aromatic nitrogens is 2. The van der Waals surface area contributed by atoms with E-state index in [1.54, 1.807) is 18.3 Å². The van der Waals surface area contributed by atoms with Gasteiger partial charge in [-0.3, -0.25) is 0 Å². The smallest absolute Gasteiger partial charge is 0.357 e. The summed E-state index contributed by atoms with van der Waals surface area (Å²) < 4.78 is 26.7. The number of aryl methyl sites for hydroxylation is 1. The molecule has 5 nitrogen and oxygen atoms in total. The second-order valence-corrected chi connectivity index (χ2v) is 14.9. The molecule has 0 saturated heterocycles. The third kappa shape index (κ3) is 6.78. The van der Waals surface area contributed by atoms with Crippen LogP contribution in [0, 0.1) is 19.0 Å². The van der Waals surface area contributed by atoms with Gasteiger partial charge in [-0.25, -0.2) is 4.98 Å². The molecule has 0 unspecified atom stereocenters. The predicted octanol–water partition coefficient (Wildman–Crippen LogP) is 14.1. The third-order valence-electron chi connectivity index (χ3n) is 11.3. The number of hydrogen-bond acceptors (Lipinski definition) is 4. The molecule has 0 saturated carbocycles. The third-order valence-corrected chi connectivity index (χ3v) is 11.3. The normalized spacial score (nSPS) is 13.0. The Labute approximate surface area is 374 Å². The first kappa shape index (κ1) is 34.6. The average Bonchev–Trinajstić information content (AvgIpc) is 3.89. The number of pyridine rings is 1. The Morgan fingerprint density at radius 2 is 1.18 bits per heavy atom. The minimum absolute atomic E-state index is 0. The molecule has 2 aromatic heterocycles. The van der Waals surface area contributed by atoms with Crippen LogP contribution >= 0.6 is 0 Å². The van der Waals surface area contributed by atoms with E-state index in [0.29, 0.717) is 12.5 Å². The molecule has 0 fully saturated rings. The van der Waals surface area contributed by atoms with Gasteiger partial charge in [0, 0.05) is 32.6 Å². The summed E-state index contributed by atoms with van der Waals surface area (Å²) in [6.45, 7) is -1.69. The van der Waals surface area contributed by atoms with Crippen LogP contribution in [0.15, 0.2) is 206 Å². The summed E-state index contributed by atoms with van der Waals surface area (Å²) in [5.74, 6) is 0.508. The molecule has 0 amide bonds. The Bertz CT molecular complexity index is 3220. The summed E-state index contributed by atoms with van der Waals surface area (Å²) in [6.07, 6.45) is 1.58. The number of fused-ring (bicyclic) bond motifs is 4. The Kier molecular flexibility index (Phi) is 9.14. The minimum Gasteiger partial charge on any atom is -0.357 e. The molecule has 10 aromatic rings. The topological polar surface area (TPSA) is 27.5 Å². The summed E-state index contributed by atoms with van der Waals surface area (Å²) in [5, 5.41) is 1.99. The zero-order valence-corrected chi connectivity index (χ0v) is 35.2. The number of rotatable bonds is 8. The fourth-order valence-corrected chi connectivity index (χ4v) is 8.63. The van der Waals surface area contributed by atoms with Gasteiger partial charge in [-0.1, -0.05) is 150 Å². The van der Waals surface area contributed by atoms with Crippen LogP contribution in [0.4, 0.5) is 39.8 Å². The molecule has 61 heavy (non-hydrogen) atoms. The van der Waals surface area contributed by atoms with Crippen LogP contribution in [0.25, 0.3) is 49.9 Å². The standard InChI is InChI=1S/C55H39N5.Pt/c1-39-33-34-56-54(35-39)60-50-28-12-11-25-48(50)49-32-31-45(37-53(49)60)59(55-46(40-17-5-2-6-18-40)26-16-27-47(55)41-19-7-3-8-20-41)44-24-15-23-43(36-44)58-38-57(42-21-9-4-10-22-42)51-29-13-14-30-52(51)58;/h2-35H,38H2,1H3;/q-2;+2/i1D3;. The first-order valence-electron chi connectivity index (χ1n) is 21.6. The van der Waals surface area contributed by atoms with Gasteiger partial charge in [-0.05, 0) is 71.4 Å². The molecular weight excluding hydrogens is 926 g/mol. The van der Waals surface area contributed by atoms with Crippen LogP contribution in [0.2, 0.25) is 0 Å². The Balaban J connectivity index is 0.00000484. The van der Waals surface area contributed by atoms with E-state index < -0.39 is 6.85 Å². The Morgan fingerprint density at radius 3 is 1.90 bits per heavy atom. The second kappa shape index (κ2) is 16.1. The zero-order chi connectivity index (χ0) is 42.5. The maximum atomic E-state index is 8.23.